The maximum atomic E-state index is 6.12. The molecule has 2 aliphatic rings. The van der Waals surface area contributed by atoms with E-state index >= 15 is 0 Å². The molecular weight excluding hydrogens is 259 g/mol. The highest BCUT2D eigenvalue weighted by molar-refractivity contribution is 6.33. The first-order valence-corrected chi connectivity index (χ1v) is 6.63. The van der Waals surface area contributed by atoms with Crippen molar-refractivity contribution in [2.24, 2.45) is 5.73 Å². The van der Waals surface area contributed by atoms with Crippen LogP contribution in [-0.2, 0) is 0 Å². The molecule has 2 saturated heterocycles. The molecule has 92 valence electrons. The SMILES string of the molecule is NC1CC2CCC(C1)N2c1cc(Cl)nnc1Cl. The molecule has 17 heavy (non-hydrogen) atoms. The number of hydrogen-bond acceptors (Lipinski definition) is 4. The fourth-order valence-electron chi connectivity index (χ4n) is 3.14. The van der Waals surface area contributed by atoms with Crippen LogP contribution in [0.3, 0.4) is 0 Å². The zero-order valence-electron chi connectivity index (χ0n) is 9.31. The first kappa shape index (κ1) is 11.5. The largest absolute Gasteiger partial charge is 0.363 e. The molecule has 6 heteroatoms. The lowest BCUT2D eigenvalue weighted by Crippen LogP contribution is -2.47. The summed E-state index contributed by atoms with van der Waals surface area (Å²) in [7, 11) is 0. The molecule has 0 spiro atoms. The van der Waals surface area contributed by atoms with Crippen molar-refractivity contribution in [3.63, 3.8) is 0 Å². The van der Waals surface area contributed by atoms with Crippen LogP contribution in [0, 0.1) is 0 Å². The normalized spacial score (nSPS) is 31.9. The van der Waals surface area contributed by atoms with E-state index < -0.39 is 0 Å². The van der Waals surface area contributed by atoms with Gasteiger partial charge in [0.2, 0.25) is 0 Å². The third-order valence-corrected chi connectivity index (χ3v) is 4.20. The van der Waals surface area contributed by atoms with Crippen molar-refractivity contribution in [3.8, 4) is 0 Å². The molecule has 2 unspecified atom stereocenters. The summed E-state index contributed by atoms with van der Waals surface area (Å²) in [6.45, 7) is 0. The molecule has 2 atom stereocenters. The molecule has 0 aliphatic carbocycles. The van der Waals surface area contributed by atoms with Crippen molar-refractivity contribution < 1.29 is 0 Å². The van der Waals surface area contributed by atoms with Gasteiger partial charge < -0.3 is 10.6 Å². The third kappa shape index (κ3) is 1.98. The van der Waals surface area contributed by atoms with Crippen molar-refractivity contribution in [1.82, 2.24) is 10.2 Å². The van der Waals surface area contributed by atoms with Crippen LogP contribution in [0.15, 0.2) is 6.07 Å². The standard InChI is InChI=1S/C11H14Cl2N4/c12-10-5-9(11(13)16-15-10)17-7-1-2-8(17)4-6(14)3-7/h5-8H,1-4,14H2. The van der Waals surface area contributed by atoms with Gasteiger partial charge in [-0.2, -0.15) is 0 Å². The molecule has 0 saturated carbocycles. The van der Waals surface area contributed by atoms with Crippen LogP contribution in [0.25, 0.3) is 0 Å². The number of nitrogens with zero attached hydrogens (tertiary/aromatic N) is 3. The summed E-state index contributed by atoms with van der Waals surface area (Å²) in [5.74, 6) is 0. The first-order valence-electron chi connectivity index (χ1n) is 5.88. The lowest BCUT2D eigenvalue weighted by atomic mass is 9.98. The zero-order chi connectivity index (χ0) is 12.0. The van der Waals surface area contributed by atoms with E-state index in [4.69, 9.17) is 28.9 Å². The van der Waals surface area contributed by atoms with Crippen molar-refractivity contribution >= 4 is 28.9 Å². The fraction of sp³-hybridized carbons (Fsp3) is 0.636. The fourth-order valence-corrected chi connectivity index (χ4v) is 3.47. The van der Waals surface area contributed by atoms with Crippen molar-refractivity contribution in [2.75, 3.05) is 4.90 Å². The quantitative estimate of drug-likeness (QED) is 0.852. The summed E-state index contributed by atoms with van der Waals surface area (Å²) in [5.41, 5.74) is 6.96. The van der Waals surface area contributed by atoms with Gasteiger partial charge in [-0.3, -0.25) is 0 Å². The Morgan fingerprint density at radius 3 is 2.47 bits per heavy atom. The van der Waals surface area contributed by atoms with Gasteiger partial charge in [-0.05, 0) is 25.7 Å². The minimum absolute atomic E-state index is 0.313. The van der Waals surface area contributed by atoms with E-state index in [9.17, 15) is 0 Å². The summed E-state index contributed by atoms with van der Waals surface area (Å²) in [5, 5.41) is 8.45. The number of aromatic nitrogens is 2. The van der Waals surface area contributed by atoms with Gasteiger partial charge in [0.05, 0.1) is 5.69 Å². The molecule has 2 aliphatic heterocycles. The second-order valence-electron chi connectivity index (χ2n) is 4.87. The lowest BCUT2D eigenvalue weighted by molar-refractivity contribution is 0.414. The second kappa shape index (κ2) is 4.26. The Bertz CT molecular complexity index is 425. The molecule has 0 radical (unpaired) electrons. The van der Waals surface area contributed by atoms with E-state index in [0.717, 1.165) is 18.5 Å². The summed E-state index contributed by atoms with van der Waals surface area (Å²) in [6.07, 6.45) is 4.39. The average Bonchev–Trinajstić information content (AvgIpc) is 2.54. The van der Waals surface area contributed by atoms with Gasteiger partial charge in [0, 0.05) is 24.2 Å². The molecule has 3 heterocycles. The van der Waals surface area contributed by atoms with Crippen LogP contribution in [0.2, 0.25) is 10.3 Å². The van der Waals surface area contributed by atoms with E-state index in [2.05, 4.69) is 15.1 Å². The van der Waals surface area contributed by atoms with Crippen molar-refractivity contribution in [1.29, 1.82) is 0 Å². The van der Waals surface area contributed by atoms with Gasteiger partial charge in [0.1, 0.15) is 0 Å². The average molecular weight is 273 g/mol. The Hall–Kier alpha value is -0.580. The Kier molecular flexibility index (Phi) is 2.89. The molecule has 4 nitrogen and oxygen atoms in total. The summed E-state index contributed by atoms with van der Waals surface area (Å²) in [6, 6.07) is 3.06. The maximum Gasteiger partial charge on any atom is 0.175 e. The number of hydrogen-bond donors (Lipinski definition) is 1. The minimum Gasteiger partial charge on any atom is -0.363 e. The number of halogens is 2. The van der Waals surface area contributed by atoms with Gasteiger partial charge in [-0.1, -0.05) is 23.2 Å². The second-order valence-corrected chi connectivity index (χ2v) is 5.61. The Morgan fingerprint density at radius 2 is 1.82 bits per heavy atom. The number of anilines is 1. The number of rotatable bonds is 1. The van der Waals surface area contributed by atoms with Crippen LogP contribution < -0.4 is 10.6 Å². The number of nitrogens with two attached hydrogens (primary N) is 1. The van der Waals surface area contributed by atoms with Gasteiger partial charge >= 0.3 is 0 Å². The molecule has 0 amide bonds. The highest BCUT2D eigenvalue weighted by Gasteiger charge is 2.40. The van der Waals surface area contributed by atoms with Crippen LogP contribution in [-0.4, -0.2) is 28.3 Å². The van der Waals surface area contributed by atoms with E-state index in [-0.39, 0.29) is 0 Å². The van der Waals surface area contributed by atoms with Crippen LogP contribution in [0.4, 0.5) is 5.69 Å². The molecule has 1 aromatic heterocycles. The topological polar surface area (TPSA) is 55.0 Å². The zero-order valence-corrected chi connectivity index (χ0v) is 10.8. The summed E-state index contributed by atoms with van der Waals surface area (Å²) < 4.78 is 0. The Balaban J connectivity index is 1.97. The molecule has 1 aromatic rings. The molecule has 0 aromatic carbocycles. The molecule has 2 N–H and O–H groups in total. The smallest absolute Gasteiger partial charge is 0.175 e. The molecular formula is C11H14Cl2N4. The highest BCUT2D eigenvalue weighted by atomic mass is 35.5. The van der Waals surface area contributed by atoms with E-state index in [1.807, 2.05) is 0 Å². The van der Waals surface area contributed by atoms with Gasteiger partial charge in [-0.25, -0.2) is 0 Å². The predicted molar refractivity (Wildman–Crippen MR) is 68.6 cm³/mol. The first-order chi connectivity index (χ1) is 8.15. The third-order valence-electron chi connectivity index (χ3n) is 3.75. The molecule has 2 fully saturated rings. The summed E-state index contributed by atoms with van der Waals surface area (Å²) in [4.78, 5) is 2.34. The highest BCUT2D eigenvalue weighted by Crippen LogP contribution is 2.41. The van der Waals surface area contributed by atoms with Crippen LogP contribution >= 0.6 is 23.2 Å². The maximum absolute atomic E-state index is 6.12. The van der Waals surface area contributed by atoms with Crippen molar-refractivity contribution in [2.45, 2.75) is 43.8 Å². The van der Waals surface area contributed by atoms with Gasteiger partial charge in [0.25, 0.3) is 0 Å². The van der Waals surface area contributed by atoms with E-state index in [0.29, 0.717) is 28.4 Å². The van der Waals surface area contributed by atoms with E-state index in [1.54, 1.807) is 6.07 Å². The Labute approximate surface area is 110 Å². The van der Waals surface area contributed by atoms with Gasteiger partial charge in [0.15, 0.2) is 10.3 Å². The predicted octanol–water partition coefficient (Wildman–Crippen LogP) is 2.24. The lowest BCUT2D eigenvalue weighted by Gasteiger charge is -2.39. The Morgan fingerprint density at radius 1 is 1.18 bits per heavy atom. The van der Waals surface area contributed by atoms with E-state index in [1.165, 1.54) is 12.8 Å². The minimum atomic E-state index is 0.313. The number of piperidine rings is 1. The van der Waals surface area contributed by atoms with Crippen molar-refractivity contribution in [3.05, 3.63) is 16.4 Å². The molecule has 2 bridgehead atoms. The van der Waals surface area contributed by atoms with Crippen LogP contribution in [0.5, 0.6) is 0 Å². The summed E-state index contributed by atoms with van der Waals surface area (Å²) >= 11 is 12.0. The molecule has 3 rings (SSSR count). The monoisotopic (exact) mass is 272 g/mol. The van der Waals surface area contributed by atoms with Gasteiger partial charge in [-0.15, -0.1) is 10.2 Å². The van der Waals surface area contributed by atoms with Crippen LogP contribution in [0.1, 0.15) is 25.7 Å². The number of fused-ring (bicyclic) bond motifs is 2.